The molecule has 5 heteroatoms. The van der Waals surface area contributed by atoms with Crippen LogP contribution in [0.5, 0.6) is 5.75 Å². The molecule has 1 aromatic carbocycles. The quantitative estimate of drug-likeness (QED) is 0.868. The van der Waals surface area contributed by atoms with Crippen LogP contribution in [0.4, 0.5) is 4.79 Å². The zero-order chi connectivity index (χ0) is 15.5. The van der Waals surface area contributed by atoms with E-state index in [4.69, 9.17) is 4.74 Å². The van der Waals surface area contributed by atoms with Gasteiger partial charge in [0.25, 0.3) is 0 Å². The first-order valence-electron chi connectivity index (χ1n) is 6.99. The maximum Gasteiger partial charge on any atom is 0.415 e. The Balaban J connectivity index is 2.17. The van der Waals surface area contributed by atoms with Crippen LogP contribution >= 0.6 is 0 Å². The molecule has 5 nitrogen and oxygen atoms in total. The Bertz CT molecular complexity index is 600. The molecule has 0 bridgehead atoms. The predicted octanol–water partition coefficient (Wildman–Crippen LogP) is 3.49. The van der Waals surface area contributed by atoms with Crippen LogP contribution in [0, 0.1) is 0 Å². The molecule has 0 spiro atoms. The second-order valence-electron chi connectivity index (χ2n) is 5.75. The van der Waals surface area contributed by atoms with Crippen LogP contribution in [0.2, 0.25) is 0 Å². The molecule has 1 aromatic heterocycles. The molecular weight excluding hydrogens is 266 g/mol. The molecule has 0 aliphatic carbocycles. The summed E-state index contributed by atoms with van der Waals surface area (Å²) in [5, 5.41) is 0. The number of amides is 1. The van der Waals surface area contributed by atoms with E-state index in [-0.39, 0.29) is 11.6 Å². The normalized spacial score (nSPS) is 11.2. The van der Waals surface area contributed by atoms with Gasteiger partial charge in [0.15, 0.2) is 0 Å². The summed E-state index contributed by atoms with van der Waals surface area (Å²) in [6, 6.07) is 7.37. The van der Waals surface area contributed by atoms with Crippen LogP contribution in [-0.2, 0) is 0 Å². The molecule has 0 unspecified atom stereocenters. The number of hydrogen-bond acceptors (Lipinski definition) is 3. The highest BCUT2D eigenvalue weighted by molar-refractivity contribution is 5.71. The monoisotopic (exact) mass is 287 g/mol. The first-order chi connectivity index (χ1) is 9.91. The fourth-order valence-corrected chi connectivity index (χ4v) is 2.15. The smallest absolute Gasteiger partial charge is 0.410 e. The van der Waals surface area contributed by atoms with Crippen molar-refractivity contribution in [1.82, 2.24) is 14.5 Å². The number of nitrogens with zero attached hydrogens (tertiary/aromatic N) is 3. The second-order valence-corrected chi connectivity index (χ2v) is 5.75. The summed E-state index contributed by atoms with van der Waals surface area (Å²) in [5.74, 6) is 0.522. The number of rotatable bonds is 3. The molecule has 0 N–H and O–H groups in total. The summed E-state index contributed by atoms with van der Waals surface area (Å²) in [5.41, 5.74) is 0.630. The van der Waals surface area contributed by atoms with Gasteiger partial charge >= 0.3 is 6.09 Å². The molecular formula is C16H21N3O2. The molecule has 0 aliphatic heterocycles. The van der Waals surface area contributed by atoms with E-state index in [0.717, 1.165) is 5.69 Å². The molecule has 112 valence electrons. The standard InChI is InChI=1S/C16H21N3O2/c1-5-19(16(2,3)4)15(20)21-14-8-6-7-13(11-14)18-10-9-17-12-18/h6-12H,5H2,1-4H3. The number of carbonyl (C=O) groups is 1. The lowest BCUT2D eigenvalue weighted by Crippen LogP contribution is -2.46. The van der Waals surface area contributed by atoms with Crippen LogP contribution in [0.15, 0.2) is 43.0 Å². The van der Waals surface area contributed by atoms with Gasteiger partial charge in [-0.3, -0.25) is 0 Å². The predicted molar refractivity (Wildman–Crippen MR) is 81.7 cm³/mol. The van der Waals surface area contributed by atoms with Crippen LogP contribution in [0.1, 0.15) is 27.7 Å². The zero-order valence-electron chi connectivity index (χ0n) is 12.9. The Morgan fingerprint density at radius 2 is 2.14 bits per heavy atom. The minimum absolute atomic E-state index is 0.270. The van der Waals surface area contributed by atoms with Crippen LogP contribution in [-0.4, -0.2) is 32.6 Å². The van der Waals surface area contributed by atoms with Crippen molar-refractivity contribution in [2.24, 2.45) is 0 Å². The summed E-state index contributed by atoms with van der Waals surface area (Å²) >= 11 is 0. The SMILES string of the molecule is CCN(C(=O)Oc1cccc(-n2ccnc2)c1)C(C)(C)C. The molecule has 0 saturated carbocycles. The summed E-state index contributed by atoms with van der Waals surface area (Å²) in [7, 11) is 0. The average Bonchev–Trinajstić information content (AvgIpc) is 2.91. The Labute approximate surface area is 125 Å². The fraction of sp³-hybridized carbons (Fsp3) is 0.375. The van der Waals surface area contributed by atoms with Crippen molar-refractivity contribution < 1.29 is 9.53 Å². The first kappa shape index (κ1) is 15.1. The van der Waals surface area contributed by atoms with E-state index >= 15 is 0 Å². The zero-order valence-corrected chi connectivity index (χ0v) is 12.9. The molecule has 2 rings (SSSR count). The number of aromatic nitrogens is 2. The van der Waals surface area contributed by atoms with Gasteiger partial charge in [0, 0.05) is 30.5 Å². The third-order valence-electron chi connectivity index (χ3n) is 3.17. The Kier molecular flexibility index (Phi) is 4.31. The highest BCUT2D eigenvalue weighted by Gasteiger charge is 2.26. The van der Waals surface area contributed by atoms with Crippen molar-refractivity contribution in [2.45, 2.75) is 33.2 Å². The largest absolute Gasteiger partial charge is 0.415 e. The van der Waals surface area contributed by atoms with E-state index in [1.165, 1.54) is 0 Å². The van der Waals surface area contributed by atoms with E-state index in [1.54, 1.807) is 23.5 Å². The molecule has 0 fully saturated rings. The van der Waals surface area contributed by atoms with Crippen molar-refractivity contribution >= 4 is 6.09 Å². The van der Waals surface area contributed by atoms with Gasteiger partial charge < -0.3 is 14.2 Å². The van der Waals surface area contributed by atoms with Crippen molar-refractivity contribution in [3.05, 3.63) is 43.0 Å². The van der Waals surface area contributed by atoms with E-state index < -0.39 is 0 Å². The first-order valence-corrected chi connectivity index (χ1v) is 6.99. The third-order valence-corrected chi connectivity index (χ3v) is 3.17. The van der Waals surface area contributed by atoms with Gasteiger partial charge in [0.2, 0.25) is 0 Å². The molecule has 1 amide bonds. The summed E-state index contributed by atoms with van der Waals surface area (Å²) in [4.78, 5) is 18.0. The Morgan fingerprint density at radius 1 is 1.38 bits per heavy atom. The molecule has 0 saturated heterocycles. The number of ether oxygens (including phenoxy) is 1. The minimum Gasteiger partial charge on any atom is -0.410 e. The van der Waals surface area contributed by atoms with E-state index in [1.807, 2.05) is 56.7 Å². The van der Waals surface area contributed by atoms with Crippen LogP contribution in [0.25, 0.3) is 5.69 Å². The lowest BCUT2D eigenvalue weighted by Gasteiger charge is -2.33. The van der Waals surface area contributed by atoms with Gasteiger partial charge in [-0.2, -0.15) is 0 Å². The maximum absolute atomic E-state index is 12.3. The topological polar surface area (TPSA) is 47.4 Å². The average molecular weight is 287 g/mol. The Morgan fingerprint density at radius 3 is 2.71 bits per heavy atom. The van der Waals surface area contributed by atoms with E-state index in [9.17, 15) is 4.79 Å². The molecule has 2 aromatic rings. The number of imidazole rings is 1. The number of benzene rings is 1. The minimum atomic E-state index is -0.340. The highest BCUT2D eigenvalue weighted by atomic mass is 16.6. The molecule has 0 radical (unpaired) electrons. The lowest BCUT2D eigenvalue weighted by atomic mass is 10.1. The van der Waals surface area contributed by atoms with Gasteiger partial charge in [-0.25, -0.2) is 9.78 Å². The second kappa shape index (κ2) is 5.99. The molecule has 21 heavy (non-hydrogen) atoms. The lowest BCUT2D eigenvalue weighted by molar-refractivity contribution is 0.110. The number of carbonyl (C=O) groups excluding carboxylic acids is 1. The van der Waals surface area contributed by atoms with Crippen molar-refractivity contribution in [1.29, 1.82) is 0 Å². The van der Waals surface area contributed by atoms with E-state index in [2.05, 4.69) is 4.98 Å². The van der Waals surface area contributed by atoms with Gasteiger partial charge in [-0.15, -0.1) is 0 Å². The Hall–Kier alpha value is -2.30. The van der Waals surface area contributed by atoms with Gasteiger partial charge in [-0.05, 0) is 39.8 Å². The van der Waals surface area contributed by atoms with Crippen molar-refractivity contribution in [3.63, 3.8) is 0 Å². The summed E-state index contributed by atoms with van der Waals surface area (Å²) in [6.07, 6.45) is 4.91. The highest BCUT2D eigenvalue weighted by Crippen LogP contribution is 2.20. The molecule has 0 aliphatic rings. The molecule has 1 heterocycles. The van der Waals surface area contributed by atoms with Crippen molar-refractivity contribution in [2.75, 3.05) is 6.54 Å². The van der Waals surface area contributed by atoms with Crippen LogP contribution in [0.3, 0.4) is 0 Å². The van der Waals surface area contributed by atoms with Crippen molar-refractivity contribution in [3.8, 4) is 11.4 Å². The van der Waals surface area contributed by atoms with Crippen LogP contribution < -0.4 is 4.74 Å². The van der Waals surface area contributed by atoms with Gasteiger partial charge in [0.05, 0.1) is 12.0 Å². The van der Waals surface area contributed by atoms with Gasteiger partial charge in [-0.1, -0.05) is 6.07 Å². The summed E-state index contributed by atoms with van der Waals surface area (Å²) in [6.45, 7) is 8.50. The maximum atomic E-state index is 12.3. The fourth-order valence-electron chi connectivity index (χ4n) is 2.15. The summed E-state index contributed by atoms with van der Waals surface area (Å²) < 4.78 is 7.35. The molecule has 0 atom stereocenters. The van der Waals surface area contributed by atoms with Gasteiger partial charge in [0.1, 0.15) is 5.75 Å². The van der Waals surface area contributed by atoms with E-state index in [0.29, 0.717) is 12.3 Å². The third kappa shape index (κ3) is 3.62. The number of hydrogen-bond donors (Lipinski definition) is 0.